The van der Waals surface area contributed by atoms with Crippen molar-refractivity contribution in [1.29, 1.82) is 0 Å². The van der Waals surface area contributed by atoms with Crippen LogP contribution in [-0.4, -0.2) is 70.3 Å². The van der Waals surface area contributed by atoms with Crippen molar-refractivity contribution in [2.75, 3.05) is 53.5 Å². The van der Waals surface area contributed by atoms with Gasteiger partial charge in [0.05, 0.1) is 6.54 Å². The monoisotopic (exact) mass is 405 g/mol. The fraction of sp³-hybridized carbons (Fsp3) is 0.636. The Morgan fingerprint density at radius 1 is 1.07 bits per heavy atom. The molecule has 0 fully saturated rings. The molecule has 0 unspecified atom stereocenters. The number of unbranched alkanes of at least 4 members (excludes halogenated alkanes) is 1. The lowest BCUT2D eigenvalue weighted by Crippen LogP contribution is -2.38. The molecule has 0 saturated heterocycles. The second-order valence-corrected chi connectivity index (χ2v) is 7.20. The van der Waals surface area contributed by atoms with E-state index >= 15 is 0 Å². The zero-order valence-corrected chi connectivity index (χ0v) is 18.6. The van der Waals surface area contributed by atoms with Crippen LogP contribution in [0.2, 0.25) is 0 Å². The van der Waals surface area contributed by atoms with Crippen molar-refractivity contribution in [2.45, 2.75) is 39.7 Å². The van der Waals surface area contributed by atoms with E-state index in [0.29, 0.717) is 18.7 Å². The number of likely N-dealkylation sites (N-methyl/N-ethyl adjacent to an activating group) is 1. The highest BCUT2D eigenvalue weighted by Gasteiger charge is 2.06. The fourth-order valence-corrected chi connectivity index (χ4v) is 2.55. The summed E-state index contributed by atoms with van der Waals surface area (Å²) in [5, 5.41) is 9.53. The maximum absolute atomic E-state index is 12.3. The summed E-state index contributed by atoms with van der Waals surface area (Å²) < 4.78 is 5.58. The number of benzene rings is 1. The van der Waals surface area contributed by atoms with Gasteiger partial charge in [-0.15, -0.1) is 0 Å². The van der Waals surface area contributed by atoms with Crippen molar-refractivity contribution in [3.8, 4) is 0 Å². The predicted molar refractivity (Wildman–Crippen MR) is 120 cm³/mol. The van der Waals surface area contributed by atoms with Crippen LogP contribution in [0.3, 0.4) is 0 Å². The summed E-state index contributed by atoms with van der Waals surface area (Å²) in [5.74, 6) is 0.729. The third-order valence-electron chi connectivity index (χ3n) is 4.20. The fourth-order valence-electron chi connectivity index (χ4n) is 2.55. The SMILES string of the molecule is CCCCOCCCNC(=NCc1cccc(C(=O)NCCN(C)C)c1)NCC. The van der Waals surface area contributed by atoms with Crippen LogP contribution in [0, 0.1) is 0 Å². The molecule has 0 aliphatic heterocycles. The van der Waals surface area contributed by atoms with E-state index in [1.807, 2.05) is 50.2 Å². The molecule has 7 nitrogen and oxygen atoms in total. The van der Waals surface area contributed by atoms with Crippen LogP contribution in [0.15, 0.2) is 29.3 Å². The second-order valence-electron chi connectivity index (χ2n) is 7.20. The van der Waals surface area contributed by atoms with Crippen molar-refractivity contribution in [1.82, 2.24) is 20.9 Å². The molecule has 0 atom stereocenters. The van der Waals surface area contributed by atoms with E-state index in [1.54, 1.807) is 0 Å². The first-order chi connectivity index (χ1) is 14.1. The summed E-state index contributed by atoms with van der Waals surface area (Å²) in [4.78, 5) is 19.0. The average molecular weight is 406 g/mol. The molecule has 0 heterocycles. The van der Waals surface area contributed by atoms with E-state index in [-0.39, 0.29) is 5.91 Å². The lowest BCUT2D eigenvalue weighted by atomic mass is 10.1. The van der Waals surface area contributed by atoms with E-state index in [1.165, 1.54) is 0 Å². The molecule has 7 heteroatoms. The number of nitrogens with one attached hydrogen (secondary N) is 3. The Kier molecular flexibility index (Phi) is 13.5. The van der Waals surface area contributed by atoms with Gasteiger partial charge in [-0.2, -0.15) is 0 Å². The Morgan fingerprint density at radius 3 is 2.59 bits per heavy atom. The molecule has 0 radical (unpaired) electrons. The number of nitrogens with zero attached hydrogens (tertiary/aromatic N) is 2. The van der Waals surface area contributed by atoms with Crippen LogP contribution in [0.1, 0.15) is 49.0 Å². The molecular formula is C22H39N5O2. The number of hydrogen-bond acceptors (Lipinski definition) is 4. The smallest absolute Gasteiger partial charge is 0.251 e. The maximum atomic E-state index is 12.3. The topological polar surface area (TPSA) is 78.0 Å². The molecule has 164 valence electrons. The van der Waals surface area contributed by atoms with Crippen LogP contribution < -0.4 is 16.0 Å². The van der Waals surface area contributed by atoms with Crippen LogP contribution in [0.4, 0.5) is 0 Å². The Balaban J connectivity index is 2.49. The minimum Gasteiger partial charge on any atom is -0.381 e. The van der Waals surface area contributed by atoms with Crippen LogP contribution >= 0.6 is 0 Å². The molecule has 0 spiro atoms. The number of carbonyl (C=O) groups is 1. The minimum absolute atomic E-state index is 0.0502. The van der Waals surface area contributed by atoms with Crippen molar-refractivity contribution in [3.05, 3.63) is 35.4 Å². The second kappa shape index (κ2) is 15.8. The third kappa shape index (κ3) is 12.1. The highest BCUT2D eigenvalue weighted by atomic mass is 16.5. The standard InChI is InChI=1S/C22H39N5O2/c1-5-7-15-29-16-9-12-25-22(23-6-2)26-18-19-10-8-11-20(17-19)21(28)24-13-14-27(3)4/h8,10-11,17H,5-7,9,12-16,18H2,1-4H3,(H,24,28)(H2,23,25,26). The molecule has 0 saturated carbocycles. The van der Waals surface area contributed by atoms with E-state index in [0.717, 1.165) is 63.6 Å². The maximum Gasteiger partial charge on any atom is 0.251 e. The summed E-state index contributed by atoms with van der Waals surface area (Å²) in [6.07, 6.45) is 3.22. The van der Waals surface area contributed by atoms with Gasteiger partial charge < -0.3 is 25.6 Å². The van der Waals surface area contributed by atoms with Gasteiger partial charge in [0.2, 0.25) is 0 Å². The zero-order chi connectivity index (χ0) is 21.3. The molecule has 0 aliphatic rings. The number of guanidine groups is 1. The van der Waals surface area contributed by atoms with Gasteiger partial charge in [0, 0.05) is 45.0 Å². The van der Waals surface area contributed by atoms with Crippen LogP contribution in [0.5, 0.6) is 0 Å². The first kappa shape index (κ1) is 24.9. The van der Waals surface area contributed by atoms with Gasteiger partial charge in [-0.05, 0) is 51.6 Å². The van der Waals surface area contributed by atoms with Crippen molar-refractivity contribution >= 4 is 11.9 Å². The highest BCUT2D eigenvalue weighted by molar-refractivity contribution is 5.94. The van der Waals surface area contributed by atoms with Crippen LogP contribution in [0.25, 0.3) is 0 Å². The molecule has 1 amide bonds. The molecule has 0 aliphatic carbocycles. The number of hydrogen-bond donors (Lipinski definition) is 3. The van der Waals surface area contributed by atoms with E-state index in [4.69, 9.17) is 4.74 Å². The van der Waals surface area contributed by atoms with Crippen molar-refractivity contribution in [3.63, 3.8) is 0 Å². The third-order valence-corrected chi connectivity index (χ3v) is 4.20. The molecule has 1 rings (SSSR count). The summed E-state index contributed by atoms with van der Waals surface area (Å²) in [5.41, 5.74) is 1.67. The minimum atomic E-state index is -0.0502. The zero-order valence-electron chi connectivity index (χ0n) is 18.6. The first-order valence-electron chi connectivity index (χ1n) is 10.7. The molecule has 0 bridgehead atoms. The number of carbonyl (C=O) groups excluding carboxylic acids is 1. The van der Waals surface area contributed by atoms with Gasteiger partial charge in [-0.25, -0.2) is 4.99 Å². The van der Waals surface area contributed by atoms with Gasteiger partial charge in [-0.1, -0.05) is 25.5 Å². The Bertz CT molecular complexity index is 605. The molecular weight excluding hydrogens is 366 g/mol. The Hall–Kier alpha value is -2.12. The molecule has 1 aromatic carbocycles. The lowest BCUT2D eigenvalue weighted by Gasteiger charge is -2.12. The molecule has 3 N–H and O–H groups in total. The van der Waals surface area contributed by atoms with Gasteiger partial charge in [0.1, 0.15) is 0 Å². The normalized spacial score (nSPS) is 11.6. The van der Waals surface area contributed by atoms with Gasteiger partial charge >= 0.3 is 0 Å². The number of ether oxygens (including phenoxy) is 1. The molecule has 29 heavy (non-hydrogen) atoms. The number of amides is 1. The van der Waals surface area contributed by atoms with Gasteiger partial charge in [0.25, 0.3) is 5.91 Å². The highest BCUT2D eigenvalue weighted by Crippen LogP contribution is 2.07. The molecule has 0 aromatic heterocycles. The van der Waals surface area contributed by atoms with E-state index < -0.39 is 0 Å². The average Bonchev–Trinajstić information content (AvgIpc) is 2.71. The summed E-state index contributed by atoms with van der Waals surface area (Å²) >= 11 is 0. The first-order valence-corrected chi connectivity index (χ1v) is 10.7. The Morgan fingerprint density at radius 2 is 1.86 bits per heavy atom. The van der Waals surface area contributed by atoms with Gasteiger partial charge in [-0.3, -0.25) is 4.79 Å². The molecule has 1 aromatic rings. The van der Waals surface area contributed by atoms with E-state index in [2.05, 4.69) is 27.9 Å². The predicted octanol–water partition coefficient (Wildman–Crippen LogP) is 2.24. The van der Waals surface area contributed by atoms with Gasteiger partial charge in [0.15, 0.2) is 5.96 Å². The van der Waals surface area contributed by atoms with Crippen LogP contribution in [-0.2, 0) is 11.3 Å². The lowest BCUT2D eigenvalue weighted by molar-refractivity contribution is 0.0951. The quantitative estimate of drug-likeness (QED) is 0.251. The number of aliphatic imine (C=N–C) groups is 1. The summed E-state index contributed by atoms with van der Waals surface area (Å²) in [7, 11) is 3.97. The van der Waals surface area contributed by atoms with Crippen molar-refractivity contribution < 1.29 is 9.53 Å². The summed E-state index contributed by atoms with van der Waals surface area (Å²) in [6.45, 7) is 9.38. The van der Waals surface area contributed by atoms with E-state index in [9.17, 15) is 4.79 Å². The number of rotatable bonds is 14. The van der Waals surface area contributed by atoms with Crippen molar-refractivity contribution in [2.24, 2.45) is 4.99 Å². The summed E-state index contributed by atoms with van der Waals surface area (Å²) in [6, 6.07) is 7.63. The largest absolute Gasteiger partial charge is 0.381 e. The Labute approximate surface area is 176 Å².